The average molecular weight is 352 g/mol. The summed E-state index contributed by atoms with van der Waals surface area (Å²) in [5.41, 5.74) is 2.11. The fourth-order valence-corrected chi connectivity index (χ4v) is 2.45. The van der Waals surface area contributed by atoms with Crippen LogP contribution in [0.15, 0.2) is 46.9 Å². The maximum atomic E-state index is 13.5. The minimum Gasteiger partial charge on any atom is -0.467 e. The Labute approximate surface area is 131 Å². The van der Waals surface area contributed by atoms with Gasteiger partial charge in [0.2, 0.25) is 0 Å². The lowest BCUT2D eigenvalue weighted by Gasteiger charge is -2.20. The molecule has 0 amide bonds. The molecule has 2 aromatic rings. The van der Waals surface area contributed by atoms with Crippen LogP contribution in [0.4, 0.5) is 10.1 Å². The maximum absolute atomic E-state index is 13.5. The average Bonchev–Trinajstić information content (AvgIpc) is 2.47. The predicted octanol–water partition coefficient (Wildman–Crippen LogP) is 4.22. The van der Waals surface area contributed by atoms with Crippen LogP contribution in [0.3, 0.4) is 0 Å². The van der Waals surface area contributed by atoms with Crippen LogP contribution in [0.25, 0.3) is 0 Å². The summed E-state index contributed by atoms with van der Waals surface area (Å²) < 4.78 is 19.2. The second-order valence-electron chi connectivity index (χ2n) is 4.61. The molecule has 0 aliphatic heterocycles. The molecular formula is C16H15BrFNO2. The van der Waals surface area contributed by atoms with Gasteiger partial charge in [0.25, 0.3) is 0 Å². The van der Waals surface area contributed by atoms with Gasteiger partial charge in [-0.05, 0) is 48.4 Å². The van der Waals surface area contributed by atoms with E-state index in [-0.39, 0.29) is 5.82 Å². The van der Waals surface area contributed by atoms with E-state index >= 15 is 0 Å². The Balaban J connectivity index is 2.39. The quantitative estimate of drug-likeness (QED) is 0.838. The molecule has 0 heterocycles. The summed E-state index contributed by atoms with van der Waals surface area (Å²) in [4.78, 5) is 12.0. The van der Waals surface area contributed by atoms with Crippen molar-refractivity contribution in [1.29, 1.82) is 0 Å². The molecule has 5 heteroatoms. The van der Waals surface area contributed by atoms with E-state index in [1.54, 1.807) is 6.07 Å². The zero-order valence-corrected chi connectivity index (χ0v) is 13.3. The third-order valence-corrected chi connectivity index (χ3v) is 3.62. The third kappa shape index (κ3) is 3.82. The largest absolute Gasteiger partial charge is 0.467 e. The summed E-state index contributed by atoms with van der Waals surface area (Å²) in [5.74, 6) is -0.857. The van der Waals surface area contributed by atoms with Crippen molar-refractivity contribution < 1.29 is 13.9 Å². The fraction of sp³-hybridized carbons (Fsp3) is 0.188. The van der Waals surface area contributed by atoms with Gasteiger partial charge in [0.1, 0.15) is 5.82 Å². The molecule has 0 bridgehead atoms. The number of aryl methyl sites for hydroxylation is 1. The summed E-state index contributed by atoms with van der Waals surface area (Å²) in [6, 6.07) is 11.0. The van der Waals surface area contributed by atoms with Gasteiger partial charge in [0.05, 0.1) is 7.11 Å². The highest BCUT2D eigenvalue weighted by molar-refractivity contribution is 9.10. The van der Waals surface area contributed by atoms with Gasteiger partial charge in [0.15, 0.2) is 6.04 Å². The number of rotatable bonds is 4. The number of methoxy groups -OCH3 is 1. The van der Waals surface area contributed by atoms with Gasteiger partial charge in [-0.15, -0.1) is 0 Å². The van der Waals surface area contributed by atoms with Crippen molar-refractivity contribution in [2.24, 2.45) is 0 Å². The number of nitrogens with one attached hydrogen (secondary N) is 1. The van der Waals surface area contributed by atoms with Crippen molar-refractivity contribution in [2.45, 2.75) is 13.0 Å². The summed E-state index contributed by atoms with van der Waals surface area (Å²) in [5, 5.41) is 3.08. The van der Waals surface area contributed by atoms with Crippen molar-refractivity contribution >= 4 is 27.6 Å². The van der Waals surface area contributed by atoms with E-state index in [4.69, 9.17) is 4.74 Å². The Kier molecular flexibility index (Phi) is 4.96. The lowest BCUT2D eigenvalue weighted by Crippen LogP contribution is -2.23. The SMILES string of the molecule is COC(=O)C(Nc1cccc(Br)c1)c1cc(F)ccc1C. The lowest BCUT2D eigenvalue weighted by molar-refractivity contribution is -0.141. The normalized spacial score (nSPS) is 11.8. The zero-order valence-electron chi connectivity index (χ0n) is 11.7. The van der Waals surface area contributed by atoms with Crippen LogP contribution in [-0.2, 0) is 9.53 Å². The molecule has 0 radical (unpaired) electrons. The Bertz CT molecular complexity index is 660. The van der Waals surface area contributed by atoms with Crippen molar-refractivity contribution in [1.82, 2.24) is 0 Å². The fourth-order valence-electron chi connectivity index (χ4n) is 2.05. The molecule has 2 aromatic carbocycles. The Morgan fingerprint density at radius 1 is 1.29 bits per heavy atom. The van der Waals surface area contributed by atoms with Gasteiger partial charge < -0.3 is 10.1 Å². The van der Waals surface area contributed by atoms with E-state index < -0.39 is 12.0 Å². The number of anilines is 1. The number of carbonyl (C=O) groups excluding carboxylic acids is 1. The molecule has 0 spiro atoms. The number of hydrogen-bond donors (Lipinski definition) is 1. The zero-order chi connectivity index (χ0) is 15.4. The Hall–Kier alpha value is -1.88. The molecule has 110 valence electrons. The third-order valence-electron chi connectivity index (χ3n) is 3.12. The highest BCUT2D eigenvalue weighted by Gasteiger charge is 2.23. The highest BCUT2D eigenvalue weighted by Crippen LogP contribution is 2.26. The maximum Gasteiger partial charge on any atom is 0.333 e. The smallest absolute Gasteiger partial charge is 0.333 e. The summed E-state index contributed by atoms with van der Waals surface area (Å²) in [6.07, 6.45) is 0. The molecule has 0 aliphatic carbocycles. The number of carbonyl (C=O) groups is 1. The van der Waals surface area contributed by atoms with E-state index in [0.29, 0.717) is 5.56 Å². The summed E-state index contributed by atoms with van der Waals surface area (Å²) in [7, 11) is 1.31. The number of ether oxygens (including phenoxy) is 1. The molecule has 1 unspecified atom stereocenters. The van der Waals surface area contributed by atoms with E-state index in [1.807, 2.05) is 31.2 Å². The van der Waals surface area contributed by atoms with Gasteiger partial charge in [-0.25, -0.2) is 9.18 Å². The van der Waals surface area contributed by atoms with Crippen LogP contribution in [0.5, 0.6) is 0 Å². The number of esters is 1. The van der Waals surface area contributed by atoms with Crippen molar-refractivity contribution in [3.8, 4) is 0 Å². The molecule has 0 aromatic heterocycles. The molecule has 1 atom stereocenters. The van der Waals surface area contributed by atoms with Gasteiger partial charge in [0, 0.05) is 10.2 Å². The first-order valence-electron chi connectivity index (χ1n) is 6.37. The second kappa shape index (κ2) is 6.72. The molecule has 21 heavy (non-hydrogen) atoms. The van der Waals surface area contributed by atoms with Crippen LogP contribution < -0.4 is 5.32 Å². The molecule has 0 saturated heterocycles. The van der Waals surface area contributed by atoms with Crippen LogP contribution in [0.1, 0.15) is 17.2 Å². The molecule has 2 rings (SSSR count). The molecule has 0 fully saturated rings. The molecule has 1 N–H and O–H groups in total. The van der Waals surface area contributed by atoms with Crippen LogP contribution >= 0.6 is 15.9 Å². The van der Waals surface area contributed by atoms with E-state index in [9.17, 15) is 9.18 Å². The molecule has 3 nitrogen and oxygen atoms in total. The van der Waals surface area contributed by atoms with Gasteiger partial charge >= 0.3 is 5.97 Å². The molecular weight excluding hydrogens is 337 g/mol. The van der Waals surface area contributed by atoms with Gasteiger partial charge in [-0.2, -0.15) is 0 Å². The minimum atomic E-state index is -0.764. The van der Waals surface area contributed by atoms with Crippen molar-refractivity contribution in [3.05, 3.63) is 63.9 Å². The standard InChI is InChI=1S/C16H15BrFNO2/c1-10-6-7-12(18)9-14(10)15(16(20)21-2)19-13-5-3-4-11(17)8-13/h3-9,15,19H,1-2H3. The van der Waals surface area contributed by atoms with Crippen LogP contribution in [-0.4, -0.2) is 13.1 Å². The highest BCUT2D eigenvalue weighted by atomic mass is 79.9. The van der Waals surface area contributed by atoms with Crippen LogP contribution in [0.2, 0.25) is 0 Å². The summed E-state index contributed by atoms with van der Waals surface area (Å²) >= 11 is 3.37. The van der Waals surface area contributed by atoms with Gasteiger partial charge in [-0.1, -0.05) is 28.1 Å². The summed E-state index contributed by atoms with van der Waals surface area (Å²) in [6.45, 7) is 1.83. The van der Waals surface area contributed by atoms with E-state index in [1.165, 1.54) is 19.2 Å². The number of benzene rings is 2. The van der Waals surface area contributed by atoms with Crippen molar-refractivity contribution in [2.75, 3.05) is 12.4 Å². The topological polar surface area (TPSA) is 38.3 Å². The number of halogens is 2. The van der Waals surface area contributed by atoms with Crippen LogP contribution in [0, 0.1) is 12.7 Å². The predicted molar refractivity (Wildman–Crippen MR) is 83.7 cm³/mol. The Morgan fingerprint density at radius 2 is 2.05 bits per heavy atom. The first-order valence-corrected chi connectivity index (χ1v) is 7.16. The first kappa shape index (κ1) is 15.5. The van der Waals surface area contributed by atoms with Gasteiger partial charge in [-0.3, -0.25) is 0 Å². The first-order chi connectivity index (χ1) is 10.0. The molecule has 0 aliphatic rings. The second-order valence-corrected chi connectivity index (χ2v) is 5.53. The Morgan fingerprint density at radius 3 is 2.71 bits per heavy atom. The van der Waals surface area contributed by atoms with E-state index in [2.05, 4.69) is 21.2 Å². The number of hydrogen-bond acceptors (Lipinski definition) is 3. The minimum absolute atomic E-state index is 0.388. The van der Waals surface area contributed by atoms with Crippen molar-refractivity contribution in [3.63, 3.8) is 0 Å². The lowest BCUT2D eigenvalue weighted by atomic mass is 10.0. The monoisotopic (exact) mass is 351 g/mol. The van der Waals surface area contributed by atoms with E-state index in [0.717, 1.165) is 15.7 Å². The molecule has 0 saturated carbocycles.